The molecule has 1 N–H and O–H groups in total. The van der Waals surface area contributed by atoms with Gasteiger partial charge in [0.25, 0.3) is 0 Å². The quantitative estimate of drug-likeness (QED) is 0.569. The van der Waals surface area contributed by atoms with Gasteiger partial charge in [-0.25, -0.2) is 0 Å². The molecule has 0 aliphatic heterocycles. The molecule has 0 saturated heterocycles. The number of thioether (sulfide) groups is 1. The number of hydrogen-bond donors (Lipinski definition) is 1. The second-order valence-corrected chi connectivity index (χ2v) is 5.74. The van der Waals surface area contributed by atoms with Crippen molar-refractivity contribution in [2.45, 2.75) is 71.1 Å². The van der Waals surface area contributed by atoms with Gasteiger partial charge in [-0.3, -0.25) is 0 Å². The van der Waals surface area contributed by atoms with Crippen molar-refractivity contribution < 1.29 is 0 Å². The molecule has 0 aliphatic carbocycles. The van der Waals surface area contributed by atoms with E-state index in [1.165, 1.54) is 44.4 Å². The lowest BCUT2D eigenvalue weighted by Crippen LogP contribution is -2.36. The monoisotopic (exact) mass is 231 g/mol. The van der Waals surface area contributed by atoms with Gasteiger partial charge in [0.15, 0.2) is 0 Å². The molecule has 0 saturated carbocycles. The molecule has 0 spiro atoms. The normalized spacial score (nSPS) is 15.2. The Labute approximate surface area is 101 Å². The zero-order valence-electron chi connectivity index (χ0n) is 11.0. The Kier molecular flexibility index (Phi) is 11.0. The Morgan fingerprint density at radius 2 is 1.80 bits per heavy atom. The van der Waals surface area contributed by atoms with Gasteiger partial charge in [-0.2, -0.15) is 11.8 Å². The van der Waals surface area contributed by atoms with Gasteiger partial charge in [-0.1, -0.05) is 40.5 Å². The van der Waals surface area contributed by atoms with Crippen LogP contribution in [0, 0.1) is 0 Å². The van der Waals surface area contributed by atoms with E-state index >= 15 is 0 Å². The molecule has 0 heterocycles. The molecule has 2 heteroatoms. The molecule has 0 rings (SSSR count). The Morgan fingerprint density at radius 3 is 2.33 bits per heavy atom. The molecule has 0 aromatic rings. The van der Waals surface area contributed by atoms with Crippen LogP contribution in [0.1, 0.15) is 59.8 Å². The van der Waals surface area contributed by atoms with Crippen LogP contribution in [0.25, 0.3) is 0 Å². The highest BCUT2D eigenvalue weighted by Gasteiger charge is 2.13. The largest absolute Gasteiger partial charge is 0.313 e. The third-order valence-electron chi connectivity index (χ3n) is 2.79. The van der Waals surface area contributed by atoms with E-state index in [4.69, 9.17) is 0 Å². The average molecular weight is 231 g/mol. The summed E-state index contributed by atoms with van der Waals surface area (Å²) < 4.78 is 0. The van der Waals surface area contributed by atoms with Gasteiger partial charge in [-0.15, -0.1) is 0 Å². The smallest absolute Gasteiger partial charge is 0.0181 e. The first-order chi connectivity index (χ1) is 7.26. The van der Waals surface area contributed by atoms with Gasteiger partial charge in [0.2, 0.25) is 0 Å². The molecule has 0 aliphatic rings. The standard InChI is InChI=1S/C13H29NS/c1-5-8-9-11-15-12(4)13(7-3)14-10-6-2/h12-14H,5-11H2,1-4H3. The summed E-state index contributed by atoms with van der Waals surface area (Å²) in [5.74, 6) is 1.33. The summed E-state index contributed by atoms with van der Waals surface area (Å²) in [5, 5.41) is 4.40. The average Bonchev–Trinajstić information content (AvgIpc) is 2.25. The first-order valence-corrected chi connectivity index (χ1v) is 7.66. The van der Waals surface area contributed by atoms with Crippen molar-refractivity contribution in [2.75, 3.05) is 12.3 Å². The number of unbranched alkanes of at least 4 members (excludes halogenated alkanes) is 2. The summed E-state index contributed by atoms with van der Waals surface area (Å²) in [7, 11) is 0. The fourth-order valence-corrected chi connectivity index (χ4v) is 2.97. The maximum atomic E-state index is 3.64. The second-order valence-electron chi connectivity index (χ2n) is 4.25. The Bertz CT molecular complexity index is 128. The van der Waals surface area contributed by atoms with Crippen LogP contribution in [-0.4, -0.2) is 23.6 Å². The fraction of sp³-hybridized carbons (Fsp3) is 1.00. The molecular formula is C13H29NS. The van der Waals surface area contributed by atoms with Gasteiger partial charge in [-0.05, 0) is 31.6 Å². The van der Waals surface area contributed by atoms with E-state index in [-0.39, 0.29) is 0 Å². The number of nitrogens with one attached hydrogen (secondary N) is 1. The van der Waals surface area contributed by atoms with Crippen molar-refractivity contribution in [3.05, 3.63) is 0 Å². The third kappa shape index (κ3) is 8.15. The van der Waals surface area contributed by atoms with Crippen LogP contribution in [0.4, 0.5) is 0 Å². The van der Waals surface area contributed by atoms with E-state index in [1.807, 2.05) is 0 Å². The minimum atomic E-state index is 0.705. The zero-order chi connectivity index (χ0) is 11.5. The van der Waals surface area contributed by atoms with Crippen LogP contribution in [0.3, 0.4) is 0 Å². The van der Waals surface area contributed by atoms with Crippen molar-refractivity contribution in [1.82, 2.24) is 5.32 Å². The summed E-state index contributed by atoms with van der Waals surface area (Å²) in [6, 6.07) is 0.705. The molecule has 92 valence electrons. The summed E-state index contributed by atoms with van der Waals surface area (Å²) >= 11 is 2.14. The SMILES string of the molecule is CCCCCSC(C)C(CC)NCCC. The topological polar surface area (TPSA) is 12.0 Å². The number of rotatable bonds is 10. The zero-order valence-corrected chi connectivity index (χ0v) is 11.8. The van der Waals surface area contributed by atoms with Crippen LogP contribution in [0.5, 0.6) is 0 Å². The molecule has 1 nitrogen and oxygen atoms in total. The summed E-state index contributed by atoms with van der Waals surface area (Å²) in [4.78, 5) is 0. The maximum Gasteiger partial charge on any atom is 0.0181 e. The maximum absolute atomic E-state index is 3.64. The van der Waals surface area contributed by atoms with Crippen LogP contribution in [-0.2, 0) is 0 Å². The van der Waals surface area contributed by atoms with Gasteiger partial charge in [0.1, 0.15) is 0 Å². The molecule has 0 amide bonds. The molecule has 2 unspecified atom stereocenters. The van der Waals surface area contributed by atoms with E-state index in [0.717, 1.165) is 5.25 Å². The first-order valence-electron chi connectivity index (χ1n) is 6.61. The summed E-state index contributed by atoms with van der Waals surface area (Å²) in [5.41, 5.74) is 0. The van der Waals surface area contributed by atoms with Crippen molar-refractivity contribution in [1.29, 1.82) is 0 Å². The van der Waals surface area contributed by atoms with E-state index in [0.29, 0.717) is 6.04 Å². The van der Waals surface area contributed by atoms with Gasteiger partial charge >= 0.3 is 0 Å². The van der Waals surface area contributed by atoms with Crippen LogP contribution in [0.2, 0.25) is 0 Å². The van der Waals surface area contributed by atoms with E-state index in [9.17, 15) is 0 Å². The van der Waals surface area contributed by atoms with Crippen molar-refractivity contribution in [3.63, 3.8) is 0 Å². The van der Waals surface area contributed by atoms with Crippen molar-refractivity contribution >= 4 is 11.8 Å². The Balaban J connectivity index is 3.58. The van der Waals surface area contributed by atoms with Crippen LogP contribution >= 0.6 is 11.8 Å². The highest BCUT2D eigenvalue weighted by Crippen LogP contribution is 2.18. The molecule has 0 bridgehead atoms. The van der Waals surface area contributed by atoms with Gasteiger partial charge in [0, 0.05) is 11.3 Å². The fourth-order valence-electron chi connectivity index (χ4n) is 1.71. The minimum Gasteiger partial charge on any atom is -0.313 e. The van der Waals surface area contributed by atoms with Gasteiger partial charge < -0.3 is 5.32 Å². The van der Waals surface area contributed by atoms with E-state index in [2.05, 4.69) is 44.8 Å². The summed E-state index contributed by atoms with van der Waals surface area (Å²) in [6.07, 6.45) is 6.60. The molecule has 0 radical (unpaired) electrons. The second kappa shape index (κ2) is 10.8. The Morgan fingerprint density at radius 1 is 1.07 bits per heavy atom. The van der Waals surface area contributed by atoms with E-state index in [1.54, 1.807) is 0 Å². The summed E-state index contributed by atoms with van der Waals surface area (Å²) in [6.45, 7) is 10.3. The lowest BCUT2D eigenvalue weighted by molar-refractivity contribution is 0.493. The van der Waals surface area contributed by atoms with Gasteiger partial charge in [0.05, 0.1) is 0 Å². The molecule has 0 aromatic carbocycles. The Hall–Kier alpha value is 0.310. The van der Waals surface area contributed by atoms with Crippen LogP contribution in [0.15, 0.2) is 0 Å². The van der Waals surface area contributed by atoms with Crippen LogP contribution < -0.4 is 5.32 Å². The minimum absolute atomic E-state index is 0.705. The molecule has 0 fully saturated rings. The molecule has 15 heavy (non-hydrogen) atoms. The lowest BCUT2D eigenvalue weighted by atomic mass is 10.1. The third-order valence-corrected chi connectivity index (χ3v) is 4.17. The molecular weight excluding hydrogens is 202 g/mol. The van der Waals surface area contributed by atoms with Crippen molar-refractivity contribution in [3.8, 4) is 0 Å². The molecule has 2 atom stereocenters. The highest BCUT2D eigenvalue weighted by molar-refractivity contribution is 7.99. The predicted octanol–water partition coefficient (Wildman–Crippen LogP) is 4.08. The number of hydrogen-bond acceptors (Lipinski definition) is 2. The lowest BCUT2D eigenvalue weighted by Gasteiger charge is -2.23. The van der Waals surface area contributed by atoms with E-state index < -0.39 is 0 Å². The predicted molar refractivity (Wildman–Crippen MR) is 73.8 cm³/mol. The van der Waals surface area contributed by atoms with Crippen molar-refractivity contribution in [2.24, 2.45) is 0 Å². The first kappa shape index (κ1) is 15.3. The molecule has 0 aromatic heterocycles. The highest BCUT2D eigenvalue weighted by atomic mass is 32.2.